The van der Waals surface area contributed by atoms with Gasteiger partial charge in [-0.25, -0.2) is 0 Å². The van der Waals surface area contributed by atoms with Crippen molar-refractivity contribution in [3.8, 4) is 11.5 Å². The Morgan fingerprint density at radius 3 is 2.44 bits per heavy atom. The maximum atomic E-state index is 12.2. The third-order valence-corrected chi connectivity index (χ3v) is 4.01. The van der Waals surface area contributed by atoms with E-state index in [1.165, 1.54) is 0 Å². The van der Waals surface area contributed by atoms with E-state index in [2.05, 4.69) is 5.32 Å². The largest absolute Gasteiger partial charge is 0.457 e. The van der Waals surface area contributed by atoms with E-state index in [-0.39, 0.29) is 24.3 Å². The van der Waals surface area contributed by atoms with Crippen LogP contribution in [0.4, 0.5) is 5.69 Å². The van der Waals surface area contributed by atoms with Crippen LogP contribution in [-0.4, -0.2) is 30.4 Å². The number of para-hydroxylation sites is 1. The molecule has 3 rings (SSSR count). The molecule has 0 radical (unpaired) electrons. The number of anilines is 1. The topological polar surface area (TPSA) is 84.7 Å². The summed E-state index contributed by atoms with van der Waals surface area (Å²) < 4.78 is 5.75. The quantitative estimate of drug-likeness (QED) is 0.873. The Hall–Kier alpha value is -2.86. The van der Waals surface area contributed by atoms with Crippen LogP contribution in [0.5, 0.6) is 11.5 Å². The second kappa shape index (κ2) is 7.36. The van der Waals surface area contributed by atoms with E-state index in [1.54, 1.807) is 11.8 Å². The molecule has 1 fully saturated rings. The molecule has 1 unspecified atom stereocenters. The van der Waals surface area contributed by atoms with Crippen LogP contribution in [-0.2, 0) is 9.59 Å². The number of ether oxygens (including phenoxy) is 1. The molecule has 3 N–H and O–H groups in total. The first-order valence-electron chi connectivity index (χ1n) is 8.22. The molecule has 1 aliphatic rings. The van der Waals surface area contributed by atoms with Gasteiger partial charge < -0.3 is 20.7 Å². The summed E-state index contributed by atoms with van der Waals surface area (Å²) in [7, 11) is 0. The van der Waals surface area contributed by atoms with Gasteiger partial charge in [0.1, 0.15) is 11.5 Å². The summed E-state index contributed by atoms with van der Waals surface area (Å²) in [6.07, 6.45) is 0.278. The number of carbonyl (C=O) groups is 2. The van der Waals surface area contributed by atoms with Gasteiger partial charge in [-0.15, -0.1) is 0 Å². The van der Waals surface area contributed by atoms with E-state index in [0.29, 0.717) is 12.3 Å². The number of carbonyl (C=O) groups excluding carboxylic acids is 2. The van der Waals surface area contributed by atoms with Gasteiger partial charge in [0.2, 0.25) is 11.8 Å². The number of nitrogens with two attached hydrogens (primary N) is 1. The van der Waals surface area contributed by atoms with Gasteiger partial charge in [0, 0.05) is 18.7 Å². The minimum Gasteiger partial charge on any atom is -0.457 e. The van der Waals surface area contributed by atoms with Crippen LogP contribution in [0.25, 0.3) is 0 Å². The molecule has 0 saturated carbocycles. The minimum absolute atomic E-state index is 0.0216. The summed E-state index contributed by atoms with van der Waals surface area (Å²) in [5, 5.41) is 2.80. The van der Waals surface area contributed by atoms with Crippen molar-refractivity contribution in [2.75, 3.05) is 11.4 Å². The van der Waals surface area contributed by atoms with Gasteiger partial charge in [0.05, 0.1) is 12.1 Å². The number of hydrogen-bond donors (Lipinski definition) is 2. The maximum absolute atomic E-state index is 12.2. The Kier molecular flexibility index (Phi) is 5.00. The van der Waals surface area contributed by atoms with Gasteiger partial charge >= 0.3 is 0 Å². The van der Waals surface area contributed by atoms with E-state index in [0.717, 1.165) is 11.4 Å². The van der Waals surface area contributed by atoms with Crippen molar-refractivity contribution < 1.29 is 14.3 Å². The smallest absolute Gasteiger partial charge is 0.236 e. The number of nitrogens with one attached hydrogen (secondary N) is 1. The summed E-state index contributed by atoms with van der Waals surface area (Å²) in [4.78, 5) is 25.6. The first-order valence-corrected chi connectivity index (χ1v) is 8.22. The first-order chi connectivity index (χ1) is 12.0. The van der Waals surface area contributed by atoms with Crippen LogP contribution in [0.2, 0.25) is 0 Å². The lowest BCUT2D eigenvalue weighted by molar-refractivity contribution is -0.122. The van der Waals surface area contributed by atoms with Crippen LogP contribution in [0, 0.1) is 0 Å². The average Bonchev–Trinajstić information content (AvgIpc) is 2.96. The molecule has 0 bridgehead atoms. The summed E-state index contributed by atoms with van der Waals surface area (Å²) in [5.41, 5.74) is 6.33. The van der Waals surface area contributed by atoms with Crippen molar-refractivity contribution in [3.63, 3.8) is 0 Å². The summed E-state index contributed by atoms with van der Waals surface area (Å²) in [6.45, 7) is 2.06. The van der Waals surface area contributed by atoms with Crippen molar-refractivity contribution in [1.29, 1.82) is 0 Å². The third-order valence-electron chi connectivity index (χ3n) is 4.01. The third kappa shape index (κ3) is 4.16. The number of benzene rings is 2. The molecule has 2 amide bonds. The second-order valence-electron chi connectivity index (χ2n) is 6.11. The van der Waals surface area contributed by atoms with Gasteiger partial charge in [0.25, 0.3) is 0 Å². The van der Waals surface area contributed by atoms with E-state index < -0.39 is 6.04 Å². The van der Waals surface area contributed by atoms with Crippen LogP contribution < -0.4 is 20.7 Å². The van der Waals surface area contributed by atoms with Gasteiger partial charge in [-0.3, -0.25) is 9.59 Å². The zero-order valence-corrected chi connectivity index (χ0v) is 14.0. The molecule has 130 valence electrons. The first kappa shape index (κ1) is 17.0. The van der Waals surface area contributed by atoms with Crippen molar-refractivity contribution in [1.82, 2.24) is 5.32 Å². The normalized spacial score (nSPS) is 18.1. The molecule has 1 aliphatic heterocycles. The zero-order valence-electron chi connectivity index (χ0n) is 14.0. The number of nitrogens with zero attached hydrogens (tertiary/aromatic N) is 1. The van der Waals surface area contributed by atoms with Gasteiger partial charge in [-0.2, -0.15) is 0 Å². The van der Waals surface area contributed by atoms with Crippen LogP contribution in [0.3, 0.4) is 0 Å². The lowest BCUT2D eigenvalue weighted by atomic mass is 10.2. The molecule has 0 spiro atoms. The Labute approximate surface area is 146 Å². The fourth-order valence-corrected chi connectivity index (χ4v) is 2.71. The molecule has 0 aromatic heterocycles. The highest BCUT2D eigenvalue weighted by Crippen LogP contribution is 2.26. The predicted octanol–water partition coefficient (Wildman–Crippen LogP) is 2.05. The highest BCUT2D eigenvalue weighted by Gasteiger charge is 2.31. The van der Waals surface area contributed by atoms with E-state index in [1.807, 2.05) is 54.6 Å². The minimum atomic E-state index is -0.585. The Bertz CT molecular complexity index is 744. The van der Waals surface area contributed by atoms with Gasteiger partial charge in [-0.1, -0.05) is 18.2 Å². The molecular formula is C19H21N3O3. The van der Waals surface area contributed by atoms with E-state index in [4.69, 9.17) is 10.5 Å². The summed E-state index contributed by atoms with van der Waals surface area (Å²) in [6, 6.07) is 16.0. The van der Waals surface area contributed by atoms with Crippen LogP contribution >= 0.6 is 0 Å². The molecule has 2 aromatic carbocycles. The van der Waals surface area contributed by atoms with E-state index >= 15 is 0 Å². The maximum Gasteiger partial charge on any atom is 0.236 e. The lowest BCUT2D eigenvalue weighted by Gasteiger charge is -2.18. The molecule has 2 atom stereocenters. The molecule has 2 aromatic rings. The summed E-state index contributed by atoms with van der Waals surface area (Å²) >= 11 is 0. The zero-order chi connectivity index (χ0) is 17.8. The van der Waals surface area contributed by atoms with Crippen molar-refractivity contribution in [3.05, 3.63) is 54.6 Å². The molecule has 25 heavy (non-hydrogen) atoms. The summed E-state index contributed by atoms with van der Waals surface area (Å²) in [5.74, 6) is 1.19. The number of amides is 2. The average molecular weight is 339 g/mol. The van der Waals surface area contributed by atoms with Crippen molar-refractivity contribution in [2.45, 2.75) is 25.4 Å². The van der Waals surface area contributed by atoms with Gasteiger partial charge in [0.15, 0.2) is 0 Å². The number of rotatable bonds is 5. The van der Waals surface area contributed by atoms with Crippen molar-refractivity contribution >= 4 is 17.5 Å². The van der Waals surface area contributed by atoms with Crippen molar-refractivity contribution in [2.24, 2.45) is 5.73 Å². The molecule has 0 aliphatic carbocycles. The molecule has 6 nitrogen and oxygen atoms in total. The fraction of sp³-hybridized carbons (Fsp3) is 0.263. The second-order valence-corrected chi connectivity index (χ2v) is 6.11. The molecular weight excluding hydrogens is 318 g/mol. The predicted molar refractivity (Wildman–Crippen MR) is 95.5 cm³/mol. The lowest BCUT2D eigenvalue weighted by Crippen LogP contribution is -2.44. The number of hydrogen-bond acceptors (Lipinski definition) is 4. The molecule has 1 heterocycles. The highest BCUT2D eigenvalue weighted by atomic mass is 16.5. The molecule has 1 saturated heterocycles. The van der Waals surface area contributed by atoms with Gasteiger partial charge in [-0.05, 0) is 43.3 Å². The Morgan fingerprint density at radius 1 is 1.16 bits per heavy atom. The van der Waals surface area contributed by atoms with E-state index in [9.17, 15) is 9.59 Å². The monoisotopic (exact) mass is 339 g/mol. The SMILES string of the molecule is C[C@H](N)C(=O)NC1CC(=O)N(c2ccc(Oc3ccccc3)cc2)C1. The van der Waals surface area contributed by atoms with Crippen LogP contribution in [0.15, 0.2) is 54.6 Å². The molecule has 6 heteroatoms. The highest BCUT2D eigenvalue weighted by molar-refractivity contribution is 5.97. The standard InChI is InChI=1S/C19H21N3O3/c1-13(20)19(24)21-14-11-18(23)22(12-14)15-7-9-17(10-8-15)25-16-5-3-2-4-6-16/h2-10,13-14H,11-12,20H2,1H3,(H,21,24)/t13-,14?/m0/s1. The Balaban J connectivity index is 1.64. The Morgan fingerprint density at radius 2 is 1.80 bits per heavy atom. The fourth-order valence-electron chi connectivity index (χ4n) is 2.71. The van der Waals surface area contributed by atoms with Crippen LogP contribution in [0.1, 0.15) is 13.3 Å².